The molecule has 0 atom stereocenters. The SMILES string of the molecule is CC(C)CCOCOCCS. The minimum absolute atomic E-state index is 0.410. The molecule has 0 saturated heterocycles. The Kier molecular flexibility index (Phi) is 8.57. The van der Waals surface area contributed by atoms with Crippen LogP contribution < -0.4 is 0 Å². The fourth-order valence-corrected chi connectivity index (χ4v) is 0.689. The average Bonchev–Trinajstić information content (AvgIpc) is 1.96. The highest BCUT2D eigenvalue weighted by Crippen LogP contribution is 1.98. The molecule has 0 aromatic rings. The summed E-state index contributed by atoms with van der Waals surface area (Å²) in [5.74, 6) is 1.47. The van der Waals surface area contributed by atoms with Gasteiger partial charge in [0, 0.05) is 12.4 Å². The van der Waals surface area contributed by atoms with Gasteiger partial charge in [0.2, 0.25) is 0 Å². The van der Waals surface area contributed by atoms with Crippen molar-refractivity contribution < 1.29 is 9.47 Å². The second kappa shape index (κ2) is 8.37. The van der Waals surface area contributed by atoms with E-state index in [9.17, 15) is 0 Å². The van der Waals surface area contributed by atoms with Gasteiger partial charge in [-0.15, -0.1) is 0 Å². The number of ether oxygens (including phenoxy) is 2. The Hall–Kier alpha value is 0.270. The van der Waals surface area contributed by atoms with Gasteiger partial charge in [-0.2, -0.15) is 12.6 Å². The van der Waals surface area contributed by atoms with E-state index in [2.05, 4.69) is 26.5 Å². The van der Waals surface area contributed by atoms with Gasteiger partial charge in [0.05, 0.1) is 6.61 Å². The summed E-state index contributed by atoms with van der Waals surface area (Å²) < 4.78 is 10.3. The van der Waals surface area contributed by atoms with Crippen LogP contribution in [0.3, 0.4) is 0 Å². The summed E-state index contributed by atoms with van der Waals surface area (Å²) in [6.07, 6.45) is 1.10. The van der Waals surface area contributed by atoms with Crippen LogP contribution in [0.2, 0.25) is 0 Å². The van der Waals surface area contributed by atoms with Crippen LogP contribution in [0.5, 0.6) is 0 Å². The van der Waals surface area contributed by atoms with Gasteiger partial charge in [-0.3, -0.25) is 0 Å². The first-order valence-corrected chi connectivity index (χ1v) is 4.67. The van der Waals surface area contributed by atoms with Crippen molar-refractivity contribution >= 4 is 12.6 Å². The third-order valence-corrected chi connectivity index (χ3v) is 1.42. The monoisotopic (exact) mass is 178 g/mol. The molecule has 0 bridgehead atoms. The molecule has 11 heavy (non-hydrogen) atoms. The first kappa shape index (κ1) is 11.3. The van der Waals surface area contributed by atoms with Crippen molar-refractivity contribution in [1.82, 2.24) is 0 Å². The number of rotatable bonds is 7. The first-order valence-electron chi connectivity index (χ1n) is 4.03. The van der Waals surface area contributed by atoms with Crippen molar-refractivity contribution in [3.05, 3.63) is 0 Å². The van der Waals surface area contributed by atoms with Gasteiger partial charge >= 0.3 is 0 Å². The molecule has 0 aliphatic carbocycles. The summed E-state index contributed by atoms with van der Waals surface area (Å²) in [7, 11) is 0. The lowest BCUT2D eigenvalue weighted by molar-refractivity contribution is -0.0508. The molecule has 0 heterocycles. The molecule has 0 aliphatic heterocycles. The van der Waals surface area contributed by atoms with Crippen LogP contribution in [0, 0.1) is 5.92 Å². The summed E-state index contributed by atoms with van der Waals surface area (Å²) in [5.41, 5.74) is 0. The Morgan fingerprint density at radius 3 is 2.36 bits per heavy atom. The Balaban J connectivity index is 2.80. The standard InChI is InChI=1S/C8H18O2S/c1-8(2)3-4-9-7-10-5-6-11/h8,11H,3-7H2,1-2H3. The second-order valence-corrected chi connectivity index (χ2v) is 3.29. The van der Waals surface area contributed by atoms with Crippen molar-refractivity contribution in [3.63, 3.8) is 0 Å². The fraction of sp³-hybridized carbons (Fsp3) is 1.00. The van der Waals surface area contributed by atoms with Crippen LogP contribution in [0.25, 0.3) is 0 Å². The molecule has 3 heteroatoms. The van der Waals surface area contributed by atoms with Gasteiger partial charge in [-0.25, -0.2) is 0 Å². The molecule has 68 valence electrons. The predicted octanol–water partition coefficient (Wildman–Crippen LogP) is 1.95. The lowest BCUT2D eigenvalue weighted by Gasteiger charge is -2.05. The Labute approximate surface area is 74.7 Å². The first-order chi connectivity index (χ1) is 5.27. The topological polar surface area (TPSA) is 18.5 Å². The third kappa shape index (κ3) is 10.3. The molecular formula is C8H18O2S. The van der Waals surface area contributed by atoms with Gasteiger partial charge in [0.15, 0.2) is 0 Å². The lowest BCUT2D eigenvalue weighted by Crippen LogP contribution is -2.05. The van der Waals surface area contributed by atoms with Crippen LogP contribution in [0.4, 0.5) is 0 Å². The van der Waals surface area contributed by atoms with Crippen LogP contribution in [0.15, 0.2) is 0 Å². The lowest BCUT2D eigenvalue weighted by atomic mass is 10.1. The van der Waals surface area contributed by atoms with Crippen molar-refractivity contribution in [2.45, 2.75) is 20.3 Å². The molecule has 2 nitrogen and oxygen atoms in total. The van der Waals surface area contributed by atoms with Gasteiger partial charge in [-0.05, 0) is 12.3 Å². The third-order valence-electron chi connectivity index (χ3n) is 1.24. The summed E-state index contributed by atoms with van der Waals surface area (Å²) in [6.45, 7) is 6.23. The van der Waals surface area contributed by atoms with Gasteiger partial charge in [-0.1, -0.05) is 13.8 Å². The molecule has 0 spiro atoms. The van der Waals surface area contributed by atoms with E-state index in [1.54, 1.807) is 0 Å². The highest BCUT2D eigenvalue weighted by Gasteiger charge is 1.92. The zero-order valence-electron chi connectivity index (χ0n) is 7.38. The zero-order chi connectivity index (χ0) is 8.53. The van der Waals surface area contributed by atoms with Gasteiger partial charge in [0.1, 0.15) is 6.79 Å². The molecule has 0 aromatic carbocycles. The Morgan fingerprint density at radius 2 is 1.82 bits per heavy atom. The summed E-state index contributed by atoms with van der Waals surface area (Å²) in [5, 5.41) is 0. The molecule has 0 N–H and O–H groups in total. The summed E-state index contributed by atoms with van der Waals surface area (Å²) in [4.78, 5) is 0. The minimum Gasteiger partial charge on any atom is -0.355 e. The maximum Gasteiger partial charge on any atom is 0.146 e. The van der Waals surface area contributed by atoms with Crippen LogP contribution in [0.1, 0.15) is 20.3 Å². The van der Waals surface area contributed by atoms with E-state index < -0.39 is 0 Å². The zero-order valence-corrected chi connectivity index (χ0v) is 8.27. The normalized spacial score (nSPS) is 10.9. The number of hydrogen-bond donors (Lipinski definition) is 1. The van der Waals surface area contributed by atoms with Gasteiger partial charge in [0.25, 0.3) is 0 Å². The molecule has 0 saturated carbocycles. The van der Waals surface area contributed by atoms with Crippen molar-refractivity contribution in [2.75, 3.05) is 25.8 Å². The molecular weight excluding hydrogens is 160 g/mol. The molecule has 0 aliphatic rings. The number of hydrogen-bond acceptors (Lipinski definition) is 3. The molecule has 0 unspecified atom stereocenters. The summed E-state index contributed by atoms with van der Waals surface area (Å²) in [6, 6.07) is 0. The van der Waals surface area contributed by atoms with E-state index in [0.717, 1.165) is 18.8 Å². The highest BCUT2D eigenvalue weighted by atomic mass is 32.1. The quantitative estimate of drug-likeness (QED) is 0.365. The minimum atomic E-state index is 0.410. The van der Waals surface area contributed by atoms with Crippen LogP contribution >= 0.6 is 12.6 Å². The van der Waals surface area contributed by atoms with Crippen molar-refractivity contribution in [2.24, 2.45) is 5.92 Å². The van der Waals surface area contributed by atoms with E-state index in [4.69, 9.17) is 9.47 Å². The van der Waals surface area contributed by atoms with Crippen molar-refractivity contribution in [1.29, 1.82) is 0 Å². The predicted molar refractivity (Wildman–Crippen MR) is 50.1 cm³/mol. The maximum atomic E-state index is 5.19. The van der Waals surface area contributed by atoms with Crippen molar-refractivity contribution in [3.8, 4) is 0 Å². The van der Waals surface area contributed by atoms with Crippen LogP contribution in [-0.4, -0.2) is 25.8 Å². The van der Waals surface area contributed by atoms with Crippen LogP contribution in [-0.2, 0) is 9.47 Å². The molecule has 0 rings (SSSR count). The molecule has 0 radical (unpaired) electrons. The van der Waals surface area contributed by atoms with E-state index in [1.807, 2.05) is 0 Å². The number of thiol groups is 1. The highest BCUT2D eigenvalue weighted by molar-refractivity contribution is 7.80. The molecule has 0 aromatic heterocycles. The Morgan fingerprint density at radius 1 is 1.18 bits per heavy atom. The maximum absolute atomic E-state index is 5.19. The van der Waals surface area contributed by atoms with E-state index in [1.165, 1.54) is 0 Å². The Bertz CT molecular complexity index is 76.5. The average molecular weight is 178 g/mol. The fourth-order valence-electron chi connectivity index (χ4n) is 0.560. The van der Waals surface area contributed by atoms with E-state index in [0.29, 0.717) is 19.3 Å². The van der Waals surface area contributed by atoms with E-state index in [-0.39, 0.29) is 0 Å². The summed E-state index contributed by atoms with van der Waals surface area (Å²) >= 11 is 4.00. The smallest absolute Gasteiger partial charge is 0.146 e. The van der Waals surface area contributed by atoms with Gasteiger partial charge < -0.3 is 9.47 Å². The molecule has 0 fully saturated rings. The largest absolute Gasteiger partial charge is 0.355 e. The molecule has 0 amide bonds. The van der Waals surface area contributed by atoms with E-state index >= 15 is 0 Å². The second-order valence-electron chi connectivity index (χ2n) is 2.84.